The van der Waals surface area contributed by atoms with Gasteiger partial charge in [-0.25, -0.2) is 4.39 Å². The predicted molar refractivity (Wildman–Crippen MR) is 79.5 cm³/mol. The van der Waals surface area contributed by atoms with Crippen molar-refractivity contribution >= 4 is 5.78 Å². The van der Waals surface area contributed by atoms with Crippen LogP contribution in [0.4, 0.5) is 4.39 Å². The Kier molecular flexibility index (Phi) is 3.56. The Bertz CT molecular complexity index is 767. The highest BCUT2D eigenvalue weighted by molar-refractivity contribution is 6.11. The molecule has 0 bridgehead atoms. The van der Waals surface area contributed by atoms with Crippen molar-refractivity contribution < 1.29 is 9.18 Å². The molecule has 1 heterocycles. The van der Waals surface area contributed by atoms with Gasteiger partial charge >= 0.3 is 0 Å². The summed E-state index contributed by atoms with van der Waals surface area (Å²) in [5.74, 6) is -0.442. The standard InChI is InChI=1S/C18H12FNO/c19-14-10-8-13(9-11-14)15-5-1-2-6-16(15)18(21)17-7-3-4-12-20-17/h1-12H. The first-order valence-electron chi connectivity index (χ1n) is 6.56. The van der Waals surface area contributed by atoms with Crippen LogP contribution in [0.15, 0.2) is 72.9 Å². The van der Waals surface area contributed by atoms with Gasteiger partial charge < -0.3 is 0 Å². The first-order valence-corrected chi connectivity index (χ1v) is 6.56. The van der Waals surface area contributed by atoms with E-state index in [-0.39, 0.29) is 11.6 Å². The molecule has 0 atom stereocenters. The number of hydrogen-bond donors (Lipinski definition) is 0. The van der Waals surface area contributed by atoms with E-state index in [0.29, 0.717) is 11.3 Å². The van der Waals surface area contributed by atoms with Crippen LogP contribution in [0.2, 0.25) is 0 Å². The molecule has 0 unspecified atom stereocenters. The third kappa shape index (κ3) is 2.72. The summed E-state index contributed by atoms with van der Waals surface area (Å²) in [4.78, 5) is 16.7. The van der Waals surface area contributed by atoms with E-state index in [1.165, 1.54) is 12.1 Å². The zero-order valence-corrected chi connectivity index (χ0v) is 11.2. The molecule has 0 radical (unpaired) electrons. The number of nitrogens with zero attached hydrogens (tertiary/aromatic N) is 1. The van der Waals surface area contributed by atoms with Gasteiger partial charge in [-0.15, -0.1) is 0 Å². The Labute approximate surface area is 121 Å². The van der Waals surface area contributed by atoms with Crippen LogP contribution < -0.4 is 0 Å². The second kappa shape index (κ2) is 5.67. The Balaban J connectivity index is 2.08. The molecule has 3 heteroatoms. The van der Waals surface area contributed by atoms with Gasteiger partial charge in [0.2, 0.25) is 5.78 Å². The van der Waals surface area contributed by atoms with E-state index in [1.54, 1.807) is 42.6 Å². The average Bonchev–Trinajstić information content (AvgIpc) is 2.56. The molecule has 0 spiro atoms. The number of pyridine rings is 1. The van der Waals surface area contributed by atoms with Crippen molar-refractivity contribution in [3.05, 3.63) is 90.0 Å². The Morgan fingerprint density at radius 1 is 0.857 bits per heavy atom. The molecule has 0 saturated carbocycles. The van der Waals surface area contributed by atoms with Crippen LogP contribution in [0.3, 0.4) is 0 Å². The minimum absolute atomic E-state index is 0.143. The maximum Gasteiger partial charge on any atom is 0.211 e. The lowest BCUT2D eigenvalue weighted by atomic mass is 9.96. The quantitative estimate of drug-likeness (QED) is 0.674. The summed E-state index contributed by atoms with van der Waals surface area (Å²) in [5, 5.41) is 0. The number of halogens is 1. The fourth-order valence-corrected chi connectivity index (χ4v) is 2.20. The van der Waals surface area contributed by atoms with Gasteiger partial charge in [0.05, 0.1) is 0 Å². The van der Waals surface area contributed by atoms with Crippen LogP contribution in [-0.2, 0) is 0 Å². The normalized spacial score (nSPS) is 10.3. The number of aromatic nitrogens is 1. The molecule has 0 amide bonds. The molecule has 0 aliphatic heterocycles. The van der Waals surface area contributed by atoms with E-state index >= 15 is 0 Å². The largest absolute Gasteiger partial charge is 0.287 e. The van der Waals surface area contributed by atoms with Crippen LogP contribution in [0.25, 0.3) is 11.1 Å². The zero-order valence-electron chi connectivity index (χ0n) is 11.2. The van der Waals surface area contributed by atoms with Crippen LogP contribution in [0, 0.1) is 5.82 Å². The molecule has 2 aromatic carbocycles. The fraction of sp³-hybridized carbons (Fsp3) is 0. The van der Waals surface area contributed by atoms with Gasteiger partial charge in [0.15, 0.2) is 0 Å². The van der Waals surface area contributed by atoms with Crippen LogP contribution in [0.1, 0.15) is 16.1 Å². The molecule has 0 aliphatic carbocycles. The molecule has 0 fully saturated rings. The average molecular weight is 277 g/mol. The maximum absolute atomic E-state index is 13.0. The van der Waals surface area contributed by atoms with Gasteiger partial charge in [-0.05, 0) is 35.4 Å². The zero-order chi connectivity index (χ0) is 14.7. The summed E-state index contributed by atoms with van der Waals surface area (Å²) in [6.45, 7) is 0. The van der Waals surface area contributed by atoms with Crippen molar-refractivity contribution in [2.45, 2.75) is 0 Å². The van der Waals surface area contributed by atoms with E-state index in [0.717, 1.165) is 11.1 Å². The molecular formula is C18H12FNO. The van der Waals surface area contributed by atoms with Crippen molar-refractivity contribution in [1.29, 1.82) is 0 Å². The summed E-state index contributed by atoms with van der Waals surface area (Å²) in [5.41, 5.74) is 2.53. The SMILES string of the molecule is O=C(c1ccccn1)c1ccccc1-c1ccc(F)cc1. The van der Waals surface area contributed by atoms with Gasteiger partial charge in [0.1, 0.15) is 11.5 Å². The lowest BCUT2D eigenvalue weighted by Crippen LogP contribution is -2.05. The van der Waals surface area contributed by atoms with E-state index in [4.69, 9.17) is 0 Å². The van der Waals surface area contributed by atoms with E-state index in [1.807, 2.05) is 18.2 Å². The maximum atomic E-state index is 13.0. The molecular weight excluding hydrogens is 265 g/mol. The van der Waals surface area contributed by atoms with Crippen molar-refractivity contribution in [3.63, 3.8) is 0 Å². The van der Waals surface area contributed by atoms with E-state index < -0.39 is 0 Å². The fourth-order valence-electron chi connectivity index (χ4n) is 2.20. The monoisotopic (exact) mass is 277 g/mol. The minimum atomic E-state index is -0.299. The van der Waals surface area contributed by atoms with Crippen LogP contribution in [-0.4, -0.2) is 10.8 Å². The van der Waals surface area contributed by atoms with Crippen LogP contribution in [0.5, 0.6) is 0 Å². The van der Waals surface area contributed by atoms with E-state index in [2.05, 4.69) is 4.98 Å². The van der Waals surface area contributed by atoms with Gasteiger partial charge in [-0.2, -0.15) is 0 Å². The Hall–Kier alpha value is -2.81. The summed E-state index contributed by atoms with van der Waals surface area (Å²) in [6.07, 6.45) is 1.59. The summed E-state index contributed by atoms with van der Waals surface area (Å²) < 4.78 is 13.0. The Morgan fingerprint density at radius 3 is 2.29 bits per heavy atom. The van der Waals surface area contributed by atoms with Crippen molar-refractivity contribution in [2.75, 3.05) is 0 Å². The molecule has 3 rings (SSSR count). The van der Waals surface area contributed by atoms with Gasteiger partial charge in [-0.3, -0.25) is 9.78 Å². The molecule has 0 N–H and O–H groups in total. The molecule has 102 valence electrons. The predicted octanol–water partition coefficient (Wildman–Crippen LogP) is 4.12. The third-order valence-corrected chi connectivity index (χ3v) is 3.22. The number of rotatable bonds is 3. The number of carbonyl (C=O) groups excluding carboxylic acids is 1. The highest BCUT2D eigenvalue weighted by Gasteiger charge is 2.15. The summed E-state index contributed by atoms with van der Waals surface area (Å²) in [7, 11) is 0. The van der Waals surface area contributed by atoms with Gasteiger partial charge in [-0.1, -0.05) is 42.5 Å². The minimum Gasteiger partial charge on any atom is -0.287 e. The first-order chi connectivity index (χ1) is 10.3. The van der Waals surface area contributed by atoms with Crippen LogP contribution >= 0.6 is 0 Å². The second-order valence-electron chi connectivity index (χ2n) is 4.60. The molecule has 2 nitrogen and oxygen atoms in total. The number of hydrogen-bond acceptors (Lipinski definition) is 2. The first kappa shape index (κ1) is 13.2. The topological polar surface area (TPSA) is 30.0 Å². The Morgan fingerprint density at radius 2 is 1.57 bits per heavy atom. The lowest BCUT2D eigenvalue weighted by molar-refractivity contribution is 0.103. The third-order valence-electron chi connectivity index (χ3n) is 3.22. The second-order valence-corrected chi connectivity index (χ2v) is 4.60. The summed E-state index contributed by atoms with van der Waals surface area (Å²) >= 11 is 0. The van der Waals surface area contributed by atoms with Crippen molar-refractivity contribution in [2.24, 2.45) is 0 Å². The molecule has 0 aliphatic rings. The number of carbonyl (C=O) groups is 1. The molecule has 0 saturated heterocycles. The van der Waals surface area contributed by atoms with Crippen molar-refractivity contribution in [1.82, 2.24) is 4.98 Å². The highest BCUT2D eigenvalue weighted by atomic mass is 19.1. The summed E-state index contributed by atoms with van der Waals surface area (Å²) in [6, 6.07) is 18.6. The van der Waals surface area contributed by atoms with Crippen molar-refractivity contribution in [3.8, 4) is 11.1 Å². The number of ketones is 1. The van der Waals surface area contributed by atoms with Gasteiger partial charge in [0.25, 0.3) is 0 Å². The highest BCUT2D eigenvalue weighted by Crippen LogP contribution is 2.25. The van der Waals surface area contributed by atoms with E-state index in [9.17, 15) is 9.18 Å². The molecule has 21 heavy (non-hydrogen) atoms. The lowest BCUT2D eigenvalue weighted by Gasteiger charge is -2.08. The molecule has 1 aromatic heterocycles. The van der Waals surface area contributed by atoms with Gasteiger partial charge in [0, 0.05) is 11.8 Å². The number of benzene rings is 2. The smallest absolute Gasteiger partial charge is 0.211 e. The molecule has 3 aromatic rings.